The monoisotopic (exact) mass is 454 g/mol. The fraction of sp³-hybridized carbons (Fsp3) is 0.222. The first-order chi connectivity index (χ1) is 16.5. The zero-order valence-corrected chi connectivity index (χ0v) is 19.4. The minimum atomic E-state index is -0.405. The van der Waals surface area contributed by atoms with Gasteiger partial charge in [0.25, 0.3) is 5.91 Å². The van der Waals surface area contributed by atoms with Gasteiger partial charge in [0, 0.05) is 30.1 Å². The third kappa shape index (κ3) is 3.69. The lowest BCUT2D eigenvalue weighted by atomic mass is 9.94. The fourth-order valence-corrected chi connectivity index (χ4v) is 4.68. The van der Waals surface area contributed by atoms with Gasteiger partial charge in [-0.05, 0) is 67.3 Å². The number of carbonyl (C=O) groups excluding carboxylic acids is 1. The molecule has 34 heavy (non-hydrogen) atoms. The number of aromatic amines is 1. The molecule has 0 saturated heterocycles. The largest absolute Gasteiger partial charge is 0.507 e. The molecule has 0 fully saturated rings. The molecule has 2 aromatic carbocycles. The van der Waals surface area contributed by atoms with E-state index in [0.29, 0.717) is 30.1 Å². The number of phenols is 1. The number of aromatic hydroxyl groups is 1. The zero-order chi connectivity index (χ0) is 23.8. The van der Waals surface area contributed by atoms with Gasteiger partial charge in [0.15, 0.2) is 0 Å². The lowest BCUT2D eigenvalue weighted by Gasteiger charge is -2.27. The molecule has 0 saturated carbocycles. The van der Waals surface area contributed by atoms with Gasteiger partial charge in [0.2, 0.25) is 0 Å². The molecule has 0 spiro atoms. The van der Waals surface area contributed by atoms with E-state index in [9.17, 15) is 9.90 Å². The van der Waals surface area contributed by atoms with Crippen LogP contribution in [0.5, 0.6) is 11.5 Å². The topological polar surface area (TPSA) is 91.3 Å². The van der Waals surface area contributed by atoms with Gasteiger partial charge in [0.05, 0.1) is 12.6 Å². The molecule has 2 aromatic heterocycles. The minimum Gasteiger partial charge on any atom is -0.507 e. The van der Waals surface area contributed by atoms with E-state index >= 15 is 0 Å². The summed E-state index contributed by atoms with van der Waals surface area (Å²) in [5.74, 6) is 0.759. The second-order valence-electron chi connectivity index (χ2n) is 8.54. The van der Waals surface area contributed by atoms with E-state index in [2.05, 4.69) is 15.2 Å². The van der Waals surface area contributed by atoms with Crippen molar-refractivity contribution >= 4 is 5.91 Å². The van der Waals surface area contributed by atoms with Gasteiger partial charge in [-0.2, -0.15) is 5.10 Å². The van der Waals surface area contributed by atoms with Crippen LogP contribution in [0.25, 0.3) is 11.3 Å². The van der Waals surface area contributed by atoms with Gasteiger partial charge in [-0.1, -0.05) is 24.3 Å². The fourth-order valence-electron chi connectivity index (χ4n) is 4.68. The highest BCUT2D eigenvalue weighted by Crippen LogP contribution is 2.46. The highest BCUT2D eigenvalue weighted by atomic mass is 16.5. The van der Waals surface area contributed by atoms with Crippen LogP contribution >= 0.6 is 0 Å². The number of hydrogen-bond acceptors (Lipinski definition) is 5. The van der Waals surface area contributed by atoms with Crippen LogP contribution in [0.15, 0.2) is 60.9 Å². The number of hydrogen-bond donors (Lipinski definition) is 2. The molecule has 0 aliphatic carbocycles. The summed E-state index contributed by atoms with van der Waals surface area (Å²) in [4.78, 5) is 19.6. The molecule has 0 radical (unpaired) electrons. The number of carbonyl (C=O) groups is 1. The number of rotatable bonds is 6. The number of H-pyrrole nitrogens is 1. The minimum absolute atomic E-state index is 0.145. The summed E-state index contributed by atoms with van der Waals surface area (Å²) in [5, 5.41) is 18.3. The van der Waals surface area contributed by atoms with Crippen LogP contribution in [0.4, 0.5) is 0 Å². The lowest BCUT2D eigenvalue weighted by Crippen LogP contribution is -2.29. The Morgan fingerprint density at radius 2 is 2.00 bits per heavy atom. The molecule has 3 heterocycles. The summed E-state index contributed by atoms with van der Waals surface area (Å²) in [7, 11) is 0. The standard InChI is InChI=1S/C27H26N4O3/c1-4-34-20-9-5-8-19(13-20)25-22-23(21-12-16(2)11-17(3)26(21)32)29-30-24(22)27(33)31(25)15-18-7-6-10-28-14-18/h5-14,25,32H,4,15H2,1-3H3,(H,29,30)/t25-/m1/s1. The Hall–Kier alpha value is -4.13. The van der Waals surface area contributed by atoms with Crippen molar-refractivity contribution in [3.05, 3.63) is 94.4 Å². The quantitative estimate of drug-likeness (QED) is 0.431. The Morgan fingerprint density at radius 1 is 1.15 bits per heavy atom. The zero-order valence-electron chi connectivity index (χ0n) is 19.4. The number of amides is 1. The third-order valence-corrected chi connectivity index (χ3v) is 6.12. The molecule has 7 nitrogen and oxygen atoms in total. The molecule has 0 unspecified atom stereocenters. The second kappa shape index (κ2) is 8.67. The average Bonchev–Trinajstić information content (AvgIpc) is 3.36. The summed E-state index contributed by atoms with van der Waals surface area (Å²) in [5.41, 5.74) is 5.98. The lowest BCUT2D eigenvalue weighted by molar-refractivity contribution is 0.0729. The summed E-state index contributed by atoms with van der Waals surface area (Å²) >= 11 is 0. The van der Waals surface area contributed by atoms with Crippen molar-refractivity contribution in [1.29, 1.82) is 0 Å². The van der Waals surface area contributed by atoms with E-state index in [1.54, 1.807) is 12.4 Å². The molecule has 0 bridgehead atoms. The normalized spacial score (nSPS) is 15.0. The van der Waals surface area contributed by atoms with Gasteiger partial charge in [0.1, 0.15) is 22.9 Å². The van der Waals surface area contributed by atoms with Crippen LogP contribution in [0, 0.1) is 13.8 Å². The van der Waals surface area contributed by atoms with Gasteiger partial charge >= 0.3 is 0 Å². The number of ether oxygens (including phenoxy) is 1. The van der Waals surface area contributed by atoms with Crippen LogP contribution in [0.2, 0.25) is 0 Å². The van der Waals surface area contributed by atoms with Gasteiger partial charge in [-0.3, -0.25) is 14.9 Å². The SMILES string of the molecule is CCOc1cccc([C@@H]2c3c(-c4cc(C)cc(C)c4O)n[nH]c3C(=O)N2Cc2cccnc2)c1. The number of nitrogens with zero attached hydrogens (tertiary/aromatic N) is 3. The highest BCUT2D eigenvalue weighted by Gasteiger charge is 2.42. The van der Waals surface area contributed by atoms with Crippen molar-refractivity contribution in [1.82, 2.24) is 20.1 Å². The Kier molecular flexibility index (Phi) is 5.53. The maximum atomic E-state index is 13.6. The number of aryl methyl sites for hydroxylation is 2. The van der Waals surface area contributed by atoms with Crippen molar-refractivity contribution in [2.45, 2.75) is 33.4 Å². The molecule has 7 heteroatoms. The first kappa shape index (κ1) is 21.7. The summed E-state index contributed by atoms with van der Waals surface area (Å²) in [6, 6.07) is 15.0. The van der Waals surface area contributed by atoms with Crippen LogP contribution in [0.1, 0.15) is 51.3 Å². The average molecular weight is 455 g/mol. The molecule has 4 aromatic rings. The Morgan fingerprint density at radius 3 is 2.76 bits per heavy atom. The van der Waals surface area contributed by atoms with Crippen LogP contribution in [-0.4, -0.2) is 37.7 Å². The summed E-state index contributed by atoms with van der Waals surface area (Å²) in [6.45, 7) is 6.71. The Balaban J connectivity index is 1.69. The van der Waals surface area contributed by atoms with Crippen molar-refractivity contribution in [2.24, 2.45) is 0 Å². The highest BCUT2D eigenvalue weighted by molar-refractivity contribution is 6.00. The van der Waals surface area contributed by atoms with E-state index in [1.807, 2.05) is 74.2 Å². The number of aromatic nitrogens is 3. The molecule has 1 atom stereocenters. The number of pyridine rings is 1. The van der Waals surface area contributed by atoms with Crippen LogP contribution < -0.4 is 4.74 Å². The van der Waals surface area contributed by atoms with E-state index in [1.165, 1.54) is 0 Å². The molecule has 172 valence electrons. The van der Waals surface area contributed by atoms with E-state index in [4.69, 9.17) is 4.74 Å². The molecule has 2 N–H and O–H groups in total. The van der Waals surface area contributed by atoms with Crippen LogP contribution in [-0.2, 0) is 6.54 Å². The smallest absolute Gasteiger partial charge is 0.273 e. The van der Waals surface area contributed by atoms with E-state index in [-0.39, 0.29) is 11.7 Å². The second-order valence-corrected chi connectivity index (χ2v) is 8.54. The first-order valence-corrected chi connectivity index (χ1v) is 11.3. The summed E-state index contributed by atoms with van der Waals surface area (Å²) in [6.07, 6.45) is 3.48. The van der Waals surface area contributed by atoms with Crippen molar-refractivity contribution in [2.75, 3.05) is 6.61 Å². The predicted molar refractivity (Wildman–Crippen MR) is 129 cm³/mol. The first-order valence-electron chi connectivity index (χ1n) is 11.3. The number of fused-ring (bicyclic) bond motifs is 1. The van der Waals surface area contributed by atoms with E-state index < -0.39 is 6.04 Å². The van der Waals surface area contributed by atoms with Crippen LogP contribution in [0.3, 0.4) is 0 Å². The molecule has 1 amide bonds. The Labute approximate surface area is 198 Å². The van der Waals surface area contributed by atoms with Gasteiger partial charge in [-0.25, -0.2) is 0 Å². The Bertz CT molecular complexity index is 1360. The van der Waals surface area contributed by atoms with Gasteiger partial charge in [-0.15, -0.1) is 0 Å². The van der Waals surface area contributed by atoms with Crippen molar-refractivity contribution in [3.63, 3.8) is 0 Å². The van der Waals surface area contributed by atoms with Gasteiger partial charge < -0.3 is 14.7 Å². The maximum Gasteiger partial charge on any atom is 0.273 e. The molecule has 1 aliphatic heterocycles. The molecule has 5 rings (SSSR count). The molecule has 1 aliphatic rings. The number of benzene rings is 2. The van der Waals surface area contributed by atoms with Crippen molar-refractivity contribution < 1.29 is 14.6 Å². The summed E-state index contributed by atoms with van der Waals surface area (Å²) < 4.78 is 5.74. The molecular formula is C27H26N4O3. The number of nitrogens with one attached hydrogen (secondary N) is 1. The number of phenolic OH excluding ortho intramolecular Hbond substituents is 1. The van der Waals surface area contributed by atoms with Crippen molar-refractivity contribution in [3.8, 4) is 22.8 Å². The van der Waals surface area contributed by atoms with E-state index in [0.717, 1.165) is 33.6 Å². The predicted octanol–water partition coefficient (Wildman–Crippen LogP) is 4.94. The third-order valence-electron chi connectivity index (χ3n) is 6.12. The molecular weight excluding hydrogens is 428 g/mol. The maximum absolute atomic E-state index is 13.6.